The van der Waals surface area contributed by atoms with E-state index in [2.05, 4.69) is 16.0 Å². The number of carbonyl (C=O) groups excluding carboxylic acids is 2. The van der Waals surface area contributed by atoms with Crippen LogP contribution in [0.1, 0.15) is 19.3 Å². The van der Waals surface area contributed by atoms with Gasteiger partial charge in [0.1, 0.15) is 0 Å². The summed E-state index contributed by atoms with van der Waals surface area (Å²) in [5, 5.41) is 9.59. The van der Waals surface area contributed by atoms with E-state index in [4.69, 9.17) is 34.8 Å². The topological polar surface area (TPSA) is 73.5 Å². The molecule has 2 aliphatic rings. The summed E-state index contributed by atoms with van der Waals surface area (Å²) in [6, 6.07) is 3.29. The van der Waals surface area contributed by atoms with Crippen LogP contribution < -0.4 is 16.0 Å². The number of hydrogen-bond donors (Lipinski definition) is 3. The average molecular weight is 406 g/mol. The Balaban J connectivity index is 1.45. The Kier molecular flexibility index (Phi) is 5.94. The summed E-state index contributed by atoms with van der Waals surface area (Å²) in [5.41, 5.74) is 0.429. The fraction of sp³-hybridized carbons (Fsp3) is 0.500. The minimum Gasteiger partial charge on any atom is -0.335 e. The van der Waals surface area contributed by atoms with Gasteiger partial charge in [0.05, 0.1) is 27.3 Å². The Hall–Kier alpha value is -1.21. The number of urea groups is 1. The molecule has 1 aromatic carbocycles. The Morgan fingerprint density at radius 2 is 1.68 bits per heavy atom. The molecule has 136 valence electrons. The molecule has 3 N–H and O–H groups in total. The largest absolute Gasteiger partial charge is 0.335 e. The van der Waals surface area contributed by atoms with E-state index >= 15 is 0 Å². The number of halogens is 3. The van der Waals surface area contributed by atoms with Crippen molar-refractivity contribution in [1.29, 1.82) is 0 Å². The van der Waals surface area contributed by atoms with E-state index in [1.54, 1.807) is 0 Å². The van der Waals surface area contributed by atoms with Crippen molar-refractivity contribution in [3.8, 4) is 0 Å². The zero-order chi connectivity index (χ0) is 18.0. The molecule has 1 aromatic rings. The quantitative estimate of drug-likeness (QED) is 0.659. The van der Waals surface area contributed by atoms with Crippen LogP contribution in [0.4, 0.5) is 10.5 Å². The molecule has 9 heteroatoms. The molecule has 1 saturated carbocycles. The minimum absolute atomic E-state index is 0.0557. The molecule has 1 aliphatic heterocycles. The smallest absolute Gasteiger partial charge is 0.315 e. The summed E-state index contributed by atoms with van der Waals surface area (Å²) >= 11 is 17.9. The molecule has 3 amide bonds. The maximum Gasteiger partial charge on any atom is 0.315 e. The average Bonchev–Trinajstić information content (AvgIpc) is 3.23. The fourth-order valence-corrected chi connectivity index (χ4v) is 3.34. The van der Waals surface area contributed by atoms with Gasteiger partial charge in [-0.05, 0) is 31.4 Å². The van der Waals surface area contributed by atoms with Crippen LogP contribution in [0.25, 0.3) is 0 Å². The predicted molar refractivity (Wildman–Crippen MR) is 99.6 cm³/mol. The maximum absolute atomic E-state index is 12.2. The zero-order valence-corrected chi connectivity index (χ0v) is 15.7. The van der Waals surface area contributed by atoms with Crippen LogP contribution in [-0.2, 0) is 4.79 Å². The van der Waals surface area contributed by atoms with Crippen molar-refractivity contribution in [1.82, 2.24) is 15.5 Å². The third-order valence-corrected chi connectivity index (χ3v) is 5.21. The SMILES string of the molecule is O=C(CN1CCC(NC(=O)NC2CC2)C1)Nc1cc(Cl)c(Cl)cc1Cl. The number of nitrogens with one attached hydrogen (secondary N) is 3. The predicted octanol–water partition coefficient (Wildman–Crippen LogP) is 3.12. The number of rotatable bonds is 5. The lowest BCUT2D eigenvalue weighted by Crippen LogP contribution is -2.44. The third-order valence-electron chi connectivity index (χ3n) is 4.17. The van der Waals surface area contributed by atoms with Crippen LogP contribution in [0, 0.1) is 0 Å². The van der Waals surface area contributed by atoms with Gasteiger partial charge in [-0.3, -0.25) is 9.69 Å². The van der Waals surface area contributed by atoms with Gasteiger partial charge in [0, 0.05) is 25.2 Å². The van der Waals surface area contributed by atoms with Crippen LogP contribution in [0.5, 0.6) is 0 Å². The van der Waals surface area contributed by atoms with Crippen LogP contribution >= 0.6 is 34.8 Å². The third kappa shape index (κ3) is 5.38. The lowest BCUT2D eigenvalue weighted by Gasteiger charge is -2.17. The molecular weight excluding hydrogens is 387 g/mol. The van der Waals surface area contributed by atoms with Gasteiger partial charge in [-0.15, -0.1) is 0 Å². The summed E-state index contributed by atoms with van der Waals surface area (Å²) in [6.07, 6.45) is 2.93. The Labute approximate surface area is 161 Å². The van der Waals surface area contributed by atoms with E-state index in [-0.39, 0.29) is 24.5 Å². The van der Waals surface area contributed by atoms with Crippen molar-refractivity contribution in [2.45, 2.75) is 31.3 Å². The summed E-state index contributed by atoms with van der Waals surface area (Å²) in [7, 11) is 0. The molecule has 0 bridgehead atoms. The van der Waals surface area contributed by atoms with Crippen molar-refractivity contribution < 1.29 is 9.59 Å². The first-order chi connectivity index (χ1) is 11.9. The minimum atomic E-state index is -0.191. The van der Waals surface area contributed by atoms with Crippen molar-refractivity contribution in [3.05, 3.63) is 27.2 Å². The molecule has 0 aromatic heterocycles. The monoisotopic (exact) mass is 404 g/mol. The van der Waals surface area contributed by atoms with E-state index in [1.807, 2.05) is 4.90 Å². The molecule has 0 radical (unpaired) electrons. The highest BCUT2D eigenvalue weighted by molar-refractivity contribution is 6.44. The molecule has 1 unspecified atom stereocenters. The van der Waals surface area contributed by atoms with Gasteiger partial charge in [-0.25, -0.2) is 4.79 Å². The number of carbonyl (C=O) groups is 2. The van der Waals surface area contributed by atoms with Crippen molar-refractivity contribution in [3.63, 3.8) is 0 Å². The summed E-state index contributed by atoms with van der Waals surface area (Å²) in [5.74, 6) is -0.191. The highest BCUT2D eigenvalue weighted by Gasteiger charge is 2.28. The molecule has 25 heavy (non-hydrogen) atoms. The first kappa shape index (κ1) is 18.6. The van der Waals surface area contributed by atoms with Crippen LogP contribution in [-0.4, -0.2) is 48.6 Å². The standard InChI is InChI=1S/C16H19Cl3N4O2/c17-11-5-13(19)14(6-12(11)18)22-15(24)8-23-4-3-10(7-23)21-16(25)20-9-1-2-9/h5-6,9-10H,1-4,7-8H2,(H,22,24)(H2,20,21,25). The molecule has 3 rings (SSSR count). The normalized spacial score (nSPS) is 20.4. The van der Waals surface area contributed by atoms with Gasteiger partial charge in [-0.1, -0.05) is 34.8 Å². The van der Waals surface area contributed by atoms with Gasteiger partial charge in [0.25, 0.3) is 0 Å². The second-order valence-electron chi connectivity index (χ2n) is 6.41. The highest BCUT2D eigenvalue weighted by atomic mass is 35.5. The second-order valence-corrected chi connectivity index (χ2v) is 7.63. The van der Waals surface area contributed by atoms with Gasteiger partial charge in [0.15, 0.2) is 0 Å². The second kappa shape index (κ2) is 7.99. The Morgan fingerprint density at radius 1 is 1.00 bits per heavy atom. The van der Waals surface area contributed by atoms with Crippen molar-refractivity contribution in [2.24, 2.45) is 0 Å². The Bertz CT molecular complexity index is 682. The molecular formula is C16H19Cl3N4O2. The number of amides is 3. The van der Waals surface area contributed by atoms with E-state index < -0.39 is 0 Å². The first-order valence-electron chi connectivity index (χ1n) is 8.14. The molecule has 0 spiro atoms. The van der Waals surface area contributed by atoms with E-state index in [0.717, 1.165) is 25.8 Å². The van der Waals surface area contributed by atoms with E-state index in [9.17, 15) is 9.59 Å². The van der Waals surface area contributed by atoms with Gasteiger partial charge >= 0.3 is 6.03 Å². The number of hydrogen-bond acceptors (Lipinski definition) is 3. The molecule has 6 nitrogen and oxygen atoms in total. The fourth-order valence-electron chi connectivity index (χ4n) is 2.75. The van der Waals surface area contributed by atoms with Crippen molar-refractivity contribution >= 4 is 52.4 Å². The van der Waals surface area contributed by atoms with Gasteiger partial charge < -0.3 is 16.0 Å². The summed E-state index contributed by atoms with van der Waals surface area (Å²) in [6.45, 7) is 1.61. The highest BCUT2D eigenvalue weighted by Crippen LogP contribution is 2.32. The van der Waals surface area contributed by atoms with Crippen LogP contribution in [0.3, 0.4) is 0 Å². The molecule has 1 aliphatic carbocycles. The molecule has 1 atom stereocenters. The number of anilines is 1. The molecule has 2 fully saturated rings. The number of benzene rings is 1. The maximum atomic E-state index is 12.2. The van der Waals surface area contributed by atoms with E-state index in [0.29, 0.717) is 33.3 Å². The van der Waals surface area contributed by atoms with E-state index in [1.165, 1.54) is 12.1 Å². The lowest BCUT2D eigenvalue weighted by atomic mass is 10.3. The molecule has 1 heterocycles. The number of nitrogens with zero attached hydrogens (tertiary/aromatic N) is 1. The van der Waals surface area contributed by atoms with Gasteiger partial charge in [-0.2, -0.15) is 0 Å². The van der Waals surface area contributed by atoms with Crippen LogP contribution in [0.2, 0.25) is 15.1 Å². The lowest BCUT2D eigenvalue weighted by molar-refractivity contribution is -0.117. The number of likely N-dealkylation sites (tertiary alicyclic amines) is 1. The first-order valence-corrected chi connectivity index (χ1v) is 9.28. The van der Waals surface area contributed by atoms with Crippen LogP contribution in [0.15, 0.2) is 12.1 Å². The summed E-state index contributed by atoms with van der Waals surface area (Å²) in [4.78, 5) is 26.0. The van der Waals surface area contributed by atoms with Gasteiger partial charge in [0.2, 0.25) is 5.91 Å². The Morgan fingerprint density at radius 3 is 2.40 bits per heavy atom. The van der Waals surface area contributed by atoms with Crippen molar-refractivity contribution in [2.75, 3.05) is 25.0 Å². The zero-order valence-electron chi connectivity index (χ0n) is 13.4. The summed E-state index contributed by atoms with van der Waals surface area (Å²) < 4.78 is 0. The molecule has 1 saturated heterocycles.